The molecule has 1 aromatic rings. The predicted octanol–water partition coefficient (Wildman–Crippen LogP) is 3.46. The molecule has 0 saturated carbocycles. The van der Waals surface area contributed by atoms with Gasteiger partial charge in [-0.25, -0.2) is 0 Å². The van der Waals surface area contributed by atoms with Gasteiger partial charge in [0, 0.05) is 12.2 Å². The van der Waals surface area contributed by atoms with Crippen molar-refractivity contribution in [3.05, 3.63) is 29.3 Å². The van der Waals surface area contributed by atoms with E-state index in [9.17, 15) is 5.11 Å². The van der Waals surface area contributed by atoms with Crippen LogP contribution in [0, 0.1) is 0 Å². The van der Waals surface area contributed by atoms with E-state index in [1.165, 1.54) is 12.8 Å². The standard InChI is InChI=1S/C15H24O3/c1-4-5-6-9-18-11-14-10-13(12(2)16)7-8-15(14)17-3/h7-8,10,12,16H,4-6,9,11H2,1-3H3. The van der Waals surface area contributed by atoms with Gasteiger partial charge in [0.1, 0.15) is 5.75 Å². The summed E-state index contributed by atoms with van der Waals surface area (Å²) in [5.74, 6) is 0.815. The molecule has 18 heavy (non-hydrogen) atoms. The molecule has 3 nitrogen and oxygen atoms in total. The minimum atomic E-state index is -0.463. The van der Waals surface area contributed by atoms with Gasteiger partial charge in [0.2, 0.25) is 0 Å². The first kappa shape index (κ1) is 15.0. The van der Waals surface area contributed by atoms with E-state index in [1.807, 2.05) is 18.2 Å². The number of ether oxygens (including phenoxy) is 2. The van der Waals surface area contributed by atoms with Crippen molar-refractivity contribution in [2.24, 2.45) is 0 Å². The zero-order chi connectivity index (χ0) is 13.4. The van der Waals surface area contributed by atoms with Crippen LogP contribution in [0.5, 0.6) is 5.75 Å². The Bertz CT molecular complexity index is 348. The van der Waals surface area contributed by atoms with Crippen molar-refractivity contribution >= 4 is 0 Å². The Morgan fingerprint density at radius 3 is 2.67 bits per heavy atom. The van der Waals surface area contributed by atoms with Crippen LogP contribution in [0.25, 0.3) is 0 Å². The molecule has 1 atom stereocenters. The highest BCUT2D eigenvalue weighted by Gasteiger charge is 2.07. The average molecular weight is 252 g/mol. The molecule has 0 aliphatic carbocycles. The topological polar surface area (TPSA) is 38.7 Å². The molecule has 0 heterocycles. The van der Waals surface area contributed by atoms with E-state index >= 15 is 0 Å². The molecule has 0 spiro atoms. The summed E-state index contributed by atoms with van der Waals surface area (Å²) in [6.45, 7) is 5.24. The van der Waals surface area contributed by atoms with Crippen LogP contribution in [0.1, 0.15) is 50.3 Å². The van der Waals surface area contributed by atoms with Crippen molar-refractivity contribution in [2.45, 2.75) is 45.8 Å². The lowest BCUT2D eigenvalue weighted by atomic mass is 10.1. The Morgan fingerprint density at radius 1 is 1.28 bits per heavy atom. The summed E-state index contributed by atoms with van der Waals surface area (Å²) in [6.07, 6.45) is 3.03. The summed E-state index contributed by atoms with van der Waals surface area (Å²) in [5.41, 5.74) is 1.88. The van der Waals surface area contributed by atoms with Crippen LogP contribution < -0.4 is 4.74 Å². The second kappa shape index (κ2) is 8.11. The van der Waals surface area contributed by atoms with Gasteiger partial charge < -0.3 is 14.6 Å². The lowest BCUT2D eigenvalue weighted by molar-refractivity contribution is 0.115. The zero-order valence-electron chi connectivity index (χ0n) is 11.6. The Labute approximate surface area is 110 Å². The van der Waals surface area contributed by atoms with Gasteiger partial charge in [0.15, 0.2) is 0 Å². The lowest BCUT2D eigenvalue weighted by Crippen LogP contribution is -2.00. The monoisotopic (exact) mass is 252 g/mol. The van der Waals surface area contributed by atoms with Gasteiger partial charge in [-0.1, -0.05) is 25.8 Å². The van der Waals surface area contributed by atoms with E-state index in [4.69, 9.17) is 9.47 Å². The Balaban J connectivity index is 2.58. The van der Waals surface area contributed by atoms with Crippen LogP contribution in [-0.4, -0.2) is 18.8 Å². The van der Waals surface area contributed by atoms with Crippen molar-refractivity contribution in [1.29, 1.82) is 0 Å². The summed E-state index contributed by atoms with van der Waals surface area (Å²) in [6, 6.07) is 5.71. The normalized spacial score (nSPS) is 12.4. The predicted molar refractivity (Wildman–Crippen MR) is 72.8 cm³/mol. The molecule has 0 bridgehead atoms. The van der Waals surface area contributed by atoms with Gasteiger partial charge in [-0.2, -0.15) is 0 Å². The van der Waals surface area contributed by atoms with E-state index in [1.54, 1.807) is 14.0 Å². The highest BCUT2D eigenvalue weighted by Crippen LogP contribution is 2.24. The number of unbranched alkanes of at least 4 members (excludes halogenated alkanes) is 2. The molecule has 102 valence electrons. The highest BCUT2D eigenvalue weighted by molar-refractivity contribution is 5.37. The smallest absolute Gasteiger partial charge is 0.124 e. The number of rotatable bonds is 8. The quantitative estimate of drug-likeness (QED) is 0.720. The van der Waals surface area contributed by atoms with Crippen molar-refractivity contribution in [1.82, 2.24) is 0 Å². The van der Waals surface area contributed by atoms with Crippen molar-refractivity contribution in [2.75, 3.05) is 13.7 Å². The Kier molecular flexibility index (Phi) is 6.76. The molecule has 0 fully saturated rings. The van der Waals surface area contributed by atoms with Crippen LogP contribution in [-0.2, 0) is 11.3 Å². The summed E-state index contributed by atoms with van der Waals surface area (Å²) in [5, 5.41) is 9.57. The maximum atomic E-state index is 9.57. The maximum absolute atomic E-state index is 9.57. The largest absolute Gasteiger partial charge is 0.496 e. The fourth-order valence-electron chi connectivity index (χ4n) is 1.81. The first-order valence-corrected chi connectivity index (χ1v) is 6.61. The molecule has 1 unspecified atom stereocenters. The summed E-state index contributed by atoms with van der Waals surface area (Å²) < 4.78 is 10.9. The van der Waals surface area contributed by atoms with E-state index in [2.05, 4.69) is 6.92 Å². The van der Waals surface area contributed by atoms with Gasteiger partial charge in [-0.15, -0.1) is 0 Å². The van der Waals surface area contributed by atoms with E-state index in [-0.39, 0.29) is 0 Å². The van der Waals surface area contributed by atoms with Crippen LogP contribution in [0.3, 0.4) is 0 Å². The maximum Gasteiger partial charge on any atom is 0.124 e. The Morgan fingerprint density at radius 2 is 2.06 bits per heavy atom. The molecule has 0 aliphatic rings. The van der Waals surface area contributed by atoms with Crippen LogP contribution in [0.2, 0.25) is 0 Å². The number of methoxy groups -OCH3 is 1. The summed E-state index contributed by atoms with van der Waals surface area (Å²) >= 11 is 0. The number of hydrogen-bond acceptors (Lipinski definition) is 3. The van der Waals surface area contributed by atoms with Crippen LogP contribution >= 0.6 is 0 Å². The molecule has 0 aliphatic heterocycles. The third kappa shape index (κ3) is 4.67. The SMILES string of the molecule is CCCCCOCc1cc(C(C)O)ccc1OC. The van der Waals surface area contributed by atoms with Gasteiger partial charge >= 0.3 is 0 Å². The van der Waals surface area contributed by atoms with Gasteiger partial charge in [0.25, 0.3) is 0 Å². The van der Waals surface area contributed by atoms with Crippen molar-refractivity contribution in [3.8, 4) is 5.75 Å². The molecule has 0 radical (unpaired) electrons. The van der Waals surface area contributed by atoms with Crippen LogP contribution in [0.15, 0.2) is 18.2 Å². The molecule has 0 aromatic heterocycles. The molecule has 3 heteroatoms. The fourth-order valence-corrected chi connectivity index (χ4v) is 1.81. The number of aliphatic hydroxyl groups excluding tert-OH is 1. The lowest BCUT2D eigenvalue weighted by Gasteiger charge is -2.12. The third-order valence-electron chi connectivity index (χ3n) is 2.94. The molecule has 0 saturated heterocycles. The minimum Gasteiger partial charge on any atom is -0.496 e. The van der Waals surface area contributed by atoms with Gasteiger partial charge in [-0.3, -0.25) is 0 Å². The number of benzene rings is 1. The number of hydrogen-bond donors (Lipinski definition) is 1. The summed E-state index contributed by atoms with van der Waals surface area (Å²) in [7, 11) is 1.65. The Hall–Kier alpha value is -1.06. The highest BCUT2D eigenvalue weighted by atomic mass is 16.5. The van der Waals surface area contributed by atoms with E-state index in [0.717, 1.165) is 29.9 Å². The molecule has 1 N–H and O–H groups in total. The average Bonchev–Trinajstić information content (AvgIpc) is 2.38. The van der Waals surface area contributed by atoms with Crippen molar-refractivity contribution in [3.63, 3.8) is 0 Å². The third-order valence-corrected chi connectivity index (χ3v) is 2.94. The molecule has 1 rings (SSSR count). The summed E-state index contributed by atoms with van der Waals surface area (Å²) in [4.78, 5) is 0. The van der Waals surface area contributed by atoms with E-state index < -0.39 is 6.10 Å². The van der Waals surface area contributed by atoms with Crippen LogP contribution in [0.4, 0.5) is 0 Å². The molecule has 0 amide bonds. The van der Waals surface area contributed by atoms with Gasteiger partial charge in [0.05, 0.1) is 19.8 Å². The second-order valence-electron chi connectivity index (χ2n) is 4.51. The number of aliphatic hydroxyl groups is 1. The van der Waals surface area contributed by atoms with Gasteiger partial charge in [-0.05, 0) is 31.0 Å². The molecular formula is C15H24O3. The fraction of sp³-hybridized carbons (Fsp3) is 0.600. The zero-order valence-corrected chi connectivity index (χ0v) is 11.6. The first-order valence-electron chi connectivity index (χ1n) is 6.61. The van der Waals surface area contributed by atoms with E-state index in [0.29, 0.717) is 6.61 Å². The first-order chi connectivity index (χ1) is 8.69. The molecular weight excluding hydrogens is 228 g/mol. The van der Waals surface area contributed by atoms with Crippen molar-refractivity contribution < 1.29 is 14.6 Å². The minimum absolute atomic E-state index is 0.463. The second-order valence-corrected chi connectivity index (χ2v) is 4.51. The molecule has 1 aromatic carbocycles.